The zero-order chi connectivity index (χ0) is 18.3. The molecule has 4 heteroatoms. The highest BCUT2D eigenvalue weighted by atomic mass is 16.5. The minimum Gasteiger partial charge on any atom is -0.473 e. The second-order valence-corrected chi connectivity index (χ2v) is 7.02. The fourth-order valence-electron chi connectivity index (χ4n) is 3.79. The molecule has 1 aliphatic rings. The fourth-order valence-corrected chi connectivity index (χ4v) is 3.79. The summed E-state index contributed by atoms with van der Waals surface area (Å²) in [6.45, 7) is 7.47. The summed E-state index contributed by atoms with van der Waals surface area (Å²) in [4.78, 5) is 14.3. The predicted molar refractivity (Wildman–Crippen MR) is 104 cm³/mol. The highest BCUT2D eigenvalue weighted by Gasteiger charge is 2.23. The van der Waals surface area contributed by atoms with Crippen molar-refractivity contribution in [2.75, 3.05) is 11.6 Å². The summed E-state index contributed by atoms with van der Waals surface area (Å²) in [5, 5.41) is 1.01. The molecule has 0 N–H and O–H groups in total. The topological polar surface area (TPSA) is 42.7 Å². The Bertz CT molecular complexity index is 1040. The first kappa shape index (κ1) is 16.7. The van der Waals surface area contributed by atoms with E-state index in [0.717, 1.165) is 40.8 Å². The smallest absolute Gasteiger partial charge is 0.336 e. The van der Waals surface area contributed by atoms with E-state index in [2.05, 4.69) is 43.9 Å². The monoisotopic (exact) mass is 349 g/mol. The van der Waals surface area contributed by atoms with Gasteiger partial charge in [-0.3, -0.25) is 0 Å². The third-order valence-corrected chi connectivity index (χ3v) is 5.00. The molecular formula is C22H23NO3. The van der Waals surface area contributed by atoms with E-state index in [4.69, 9.17) is 9.15 Å². The second-order valence-electron chi connectivity index (χ2n) is 7.02. The van der Waals surface area contributed by atoms with Gasteiger partial charge < -0.3 is 14.1 Å². The van der Waals surface area contributed by atoms with Crippen molar-refractivity contribution in [3.63, 3.8) is 0 Å². The molecule has 0 fully saturated rings. The van der Waals surface area contributed by atoms with Crippen molar-refractivity contribution in [3.8, 4) is 5.75 Å². The van der Waals surface area contributed by atoms with Crippen LogP contribution in [0.4, 0.5) is 5.69 Å². The molecule has 0 radical (unpaired) electrons. The Kier molecular flexibility index (Phi) is 4.19. The van der Waals surface area contributed by atoms with Crippen molar-refractivity contribution in [2.45, 2.75) is 40.2 Å². The number of aryl methyl sites for hydroxylation is 3. The molecular weight excluding hydrogens is 326 g/mol. The van der Waals surface area contributed by atoms with Gasteiger partial charge in [-0.1, -0.05) is 31.0 Å². The summed E-state index contributed by atoms with van der Waals surface area (Å²) in [5.41, 5.74) is 5.96. The normalized spacial score (nSPS) is 13.6. The first-order chi connectivity index (χ1) is 12.6. The molecule has 0 bridgehead atoms. The maximum absolute atomic E-state index is 12.1. The predicted octanol–water partition coefficient (Wildman–Crippen LogP) is 4.72. The van der Waals surface area contributed by atoms with E-state index in [1.807, 2.05) is 12.1 Å². The van der Waals surface area contributed by atoms with Crippen molar-refractivity contribution in [3.05, 3.63) is 69.1 Å². The molecule has 1 aromatic heterocycles. The van der Waals surface area contributed by atoms with Gasteiger partial charge in [0, 0.05) is 17.1 Å². The van der Waals surface area contributed by atoms with Crippen LogP contribution in [0.1, 0.15) is 35.6 Å². The van der Waals surface area contributed by atoms with E-state index in [0.29, 0.717) is 18.9 Å². The van der Waals surface area contributed by atoms with Crippen LogP contribution >= 0.6 is 0 Å². The summed E-state index contributed by atoms with van der Waals surface area (Å²) in [6, 6.07) is 12.0. The molecule has 0 spiro atoms. The number of fused-ring (bicyclic) bond motifs is 3. The van der Waals surface area contributed by atoms with Crippen molar-refractivity contribution in [2.24, 2.45) is 0 Å². The number of benzene rings is 2. The number of rotatable bonds is 3. The molecule has 4 nitrogen and oxygen atoms in total. The van der Waals surface area contributed by atoms with Crippen LogP contribution < -0.4 is 15.3 Å². The lowest BCUT2D eigenvalue weighted by molar-refractivity contribution is 0.289. The van der Waals surface area contributed by atoms with Crippen molar-refractivity contribution >= 4 is 16.7 Å². The van der Waals surface area contributed by atoms with E-state index in [-0.39, 0.29) is 5.63 Å². The van der Waals surface area contributed by atoms with Gasteiger partial charge >= 0.3 is 5.63 Å². The molecule has 0 saturated carbocycles. The van der Waals surface area contributed by atoms with Gasteiger partial charge in [0.05, 0.1) is 12.1 Å². The van der Waals surface area contributed by atoms with Gasteiger partial charge in [-0.15, -0.1) is 0 Å². The molecule has 134 valence electrons. The Labute approximate surface area is 153 Å². The van der Waals surface area contributed by atoms with Gasteiger partial charge in [0.25, 0.3) is 0 Å². The summed E-state index contributed by atoms with van der Waals surface area (Å²) < 4.78 is 11.6. The van der Waals surface area contributed by atoms with Crippen LogP contribution in [-0.4, -0.2) is 6.73 Å². The van der Waals surface area contributed by atoms with Gasteiger partial charge in [0.15, 0.2) is 6.73 Å². The molecule has 2 heterocycles. The highest BCUT2D eigenvalue weighted by molar-refractivity contribution is 5.85. The lowest BCUT2D eigenvalue weighted by atomic mass is 10.0. The van der Waals surface area contributed by atoms with Crippen LogP contribution in [0.15, 0.2) is 45.6 Å². The molecule has 0 saturated heterocycles. The molecule has 1 aliphatic heterocycles. The van der Waals surface area contributed by atoms with Crippen LogP contribution in [0.2, 0.25) is 0 Å². The SMILES string of the molecule is CCCc1cc(=O)oc2c3c(ccc12)OCN(c1ccc(C)cc1C)C3. The standard InChI is InChI=1S/C22H23NO3/c1-4-5-16-11-21(24)26-22-17(16)7-9-20-18(22)12-23(13-25-20)19-8-6-14(2)10-15(19)3/h6-11H,4-5,12-13H2,1-3H3. The minimum absolute atomic E-state index is 0.294. The average molecular weight is 349 g/mol. The largest absolute Gasteiger partial charge is 0.473 e. The maximum atomic E-state index is 12.1. The Morgan fingerprint density at radius 3 is 2.73 bits per heavy atom. The number of hydrogen-bond acceptors (Lipinski definition) is 4. The Morgan fingerprint density at radius 2 is 1.96 bits per heavy atom. The number of nitrogens with zero attached hydrogens (tertiary/aromatic N) is 1. The molecule has 0 atom stereocenters. The molecule has 4 rings (SSSR count). The lowest BCUT2D eigenvalue weighted by Gasteiger charge is -2.32. The molecule has 26 heavy (non-hydrogen) atoms. The van der Waals surface area contributed by atoms with Gasteiger partial charge in [0.2, 0.25) is 0 Å². The van der Waals surface area contributed by atoms with E-state index >= 15 is 0 Å². The van der Waals surface area contributed by atoms with Gasteiger partial charge in [-0.2, -0.15) is 0 Å². The maximum Gasteiger partial charge on any atom is 0.336 e. The van der Waals surface area contributed by atoms with E-state index in [1.54, 1.807) is 6.07 Å². The van der Waals surface area contributed by atoms with Gasteiger partial charge in [0.1, 0.15) is 11.3 Å². The number of ether oxygens (including phenoxy) is 1. The van der Waals surface area contributed by atoms with E-state index < -0.39 is 0 Å². The zero-order valence-corrected chi connectivity index (χ0v) is 15.5. The van der Waals surface area contributed by atoms with Crippen LogP contribution in [0.5, 0.6) is 5.75 Å². The van der Waals surface area contributed by atoms with Crippen molar-refractivity contribution in [1.82, 2.24) is 0 Å². The summed E-state index contributed by atoms with van der Waals surface area (Å²) >= 11 is 0. The first-order valence-corrected chi connectivity index (χ1v) is 9.10. The Morgan fingerprint density at radius 1 is 1.12 bits per heavy atom. The Balaban J connectivity index is 1.82. The van der Waals surface area contributed by atoms with Crippen LogP contribution in [0.25, 0.3) is 11.0 Å². The second kappa shape index (κ2) is 6.52. The van der Waals surface area contributed by atoms with Crippen LogP contribution in [0, 0.1) is 13.8 Å². The summed E-state index contributed by atoms with van der Waals surface area (Å²) in [5.74, 6) is 0.801. The van der Waals surface area contributed by atoms with E-state index in [9.17, 15) is 4.79 Å². The third-order valence-electron chi connectivity index (χ3n) is 5.00. The zero-order valence-electron chi connectivity index (χ0n) is 15.5. The summed E-state index contributed by atoms with van der Waals surface area (Å²) in [7, 11) is 0. The quantitative estimate of drug-likeness (QED) is 0.642. The average Bonchev–Trinajstić information content (AvgIpc) is 2.61. The molecule has 3 aromatic rings. The number of hydrogen-bond donors (Lipinski definition) is 0. The van der Waals surface area contributed by atoms with Gasteiger partial charge in [-0.25, -0.2) is 4.79 Å². The number of anilines is 1. The molecule has 0 amide bonds. The fraction of sp³-hybridized carbons (Fsp3) is 0.318. The van der Waals surface area contributed by atoms with Crippen LogP contribution in [0.3, 0.4) is 0 Å². The lowest BCUT2D eigenvalue weighted by Crippen LogP contribution is -2.32. The van der Waals surface area contributed by atoms with Crippen molar-refractivity contribution < 1.29 is 9.15 Å². The molecule has 2 aromatic carbocycles. The van der Waals surface area contributed by atoms with Gasteiger partial charge in [-0.05, 0) is 49.6 Å². The molecule has 0 unspecified atom stereocenters. The third kappa shape index (κ3) is 2.85. The minimum atomic E-state index is -0.294. The first-order valence-electron chi connectivity index (χ1n) is 9.10. The van der Waals surface area contributed by atoms with E-state index in [1.165, 1.54) is 11.1 Å². The highest BCUT2D eigenvalue weighted by Crippen LogP contribution is 2.35. The summed E-state index contributed by atoms with van der Waals surface area (Å²) in [6.07, 6.45) is 1.85. The van der Waals surface area contributed by atoms with Crippen LogP contribution in [-0.2, 0) is 13.0 Å². The molecule has 0 aliphatic carbocycles. The Hall–Kier alpha value is -2.75. The van der Waals surface area contributed by atoms with Crippen molar-refractivity contribution in [1.29, 1.82) is 0 Å².